The predicted molar refractivity (Wildman–Crippen MR) is 57.7 cm³/mol. The molecule has 1 rings (SSSR count). The van der Waals surface area contributed by atoms with Crippen LogP contribution in [0.1, 0.15) is 15.9 Å². The Hall–Kier alpha value is -1.40. The Labute approximate surface area is 87.3 Å². The quantitative estimate of drug-likeness (QED) is 0.609. The molecule has 0 saturated carbocycles. The average Bonchev–Trinajstić information content (AvgIpc) is 2.16. The van der Waals surface area contributed by atoms with Crippen molar-refractivity contribution >= 4 is 17.7 Å². The largest absolute Gasteiger partial charge is 0.478 e. The monoisotopic (exact) mass is 206 g/mol. The van der Waals surface area contributed by atoms with Crippen LogP contribution in [0.25, 0.3) is 0 Å². The smallest absolute Gasteiger partial charge is 0.335 e. The van der Waals surface area contributed by atoms with E-state index in [-0.39, 0.29) is 0 Å². The molecule has 0 atom stereocenters. The third-order valence-corrected chi connectivity index (χ3v) is 2.66. The lowest BCUT2D eigenvalue weighted by Gasteiger charge is -2.03. The van der Waals surface area contributed by atoms with Crippen molar-refractivity contribution in [2.24, 2.45) is 0 Å². The Balaban J connectivity index is 2.96. The molecule has 72 valence electrons. The van der Waals surface area contributed by atoms with Gasteiger partial charge in [0.1, 0.15) is 0 Å². The van der Waals surface area contributed by atoms with Gasteiger partial charge >= 0.3 is 5.97 Å². The summed E-state index contributed by atoms with van der Waals surface area (Å²) in [5.41, 5.74) is 1.11. The summed E-state index contributed by atoms with van der Waals surface area (Å²) in [5.74, 6) is 2.16. The van der Waals surface area contributed by atoms with Gasteiger partial charge in [-0.3, -0.25) is 0 Å². The number of carbonyl (C=O) groups is 1. The summed E-state index contributed by atoms with van der Waals surface area (Å²) in [4.78, 5) is 11.7. The molecular weight excluding hydrogens is 196 g/mol. The lowest BCUT2D eigenvalue weighted by Crippen LogP contribution is -1.99. The number of rotatable bonds is 3. The SMILES string of the molecule is C#CCSc1ccc(C)c(C(=O)O)c1. The molecule has 0 unspecified atom stereocenters. The normalized spacial score (nSPS) is 9.43. The number of terminal acetylenes is 1. The standard InChI is InChI=1S/C11H10O2S/c1-3-6-14-9-5-4-8(2)10(7-9)11(12)13/h1,4-5,7H,6H2,2H3,(H,12,13). The summed E-state index contributed by atoms with van der Waals surface area (Å²) in [6.45, 7) is 1.78. The maximum Gasteiger partial charge on any atom is 0.335 e. The molecule has 0 heterocycles. The summed E-state index contributed by atoms with van der Waals surface area (Å²) in [6.07, 6.45) is 5.12. The van der Waals surface area contributed by atoms with E-state index in [0.29, 0.717) is 11.3 Å². The van der Waals surface area contributed by atoms with Crippen molar-refractivity contribution < 1.29 is 9.90 Å². The van der Waals surface area contributed by atoms with Crippen LogP contribution in [0, 0.1) is 19.3 Å². The lowest BCUT2D eigenvalue weighted by molar-refractivity contribution is 0.0696. The Kier molecular flexibility index (Phi) is 3.61. The second kappa shape index (κ2) is 4.73. The fraction of sp³-hybridized carbons (Fsp3) is 0.182. The number of thioether (sulfide) groups is 1. The Bertz CT molecular complexity index is 391. The van der Waals surface area contributed by atoms with Crippen LogP contribution in [-0.2, 0) is 0 Å². The molecule has 0 aliphatic rings. The summed E-state index contributed by atoms with van der Waals surface area (Å²) in [6, 6.07) is 5.33. The van der Waals surface area contributed by atoms with Crippen molar-refractivity contribution in [1.82, 2.24) is 0 Å². The lowest BCUT2D eigenvalue weighted by atomic mass is 10.1. The first kappa shape index (κ1) is 10.7. The van der Waals surface area contributed by atoms with Crippen molar-refractivity contribution in [2.45, 2.75) is 11.8 Å². The molecule has 0 spiro atoms. The van der Waals surface area contributed by atoms with Gasteiger partial charge in [-0.1, -0.05) is 12.0 Å². The van der Waals surface area contributed by atoms with Crippen molar-refractivity contribution in [1.29, 1.82) is 0 Å². The minimum absolute atomic E-state index is 0.340. The molecule has 1 N–H and O–H groups in total. The first-order valence-electron chi connectivity index (χ1n) is 4.05. The van der Waals surface area contributed by atoms with Crippen LogP contribution in [0.5, 0.6) is 0 Å². The molecule has 3 heteroatoms. The first-order valence-corrected chi connectivity index (χ1v) is 5.04. The molecule has 14 heavy (non-hydrogen) atoms. The Morgan fingerprint density at radius 2 is 2.36 bits per heavy atom. The number of aromatic carboxylic acids is 1. The number of hydrogen-bond donors (Lipinski definition) is 1. The maximum absolute atomic E-state index is 10.8. The van der Waals surface area contributed by atoms with Crippen LogP contribution >= 0.6 is 11.8 Å². The van der Waals surface area contributed by atoms with Crippen LogP contribution in [0.2, 0.25) is 0 Å². The molecule has 0 saturated heterocycles. The van der Waals surface area contributed by atoms with Gasteiger partial charge in [-0.15, -0.1) is 18.2 Å². The van der Waals surface area contributed by atoms with Crippen LogP contribution in [0.15, 0.2) is 23.1 Å². The van der Waals surface area contributed by atoms with Gasteiger partial charge in [0.05, 0.1) is 11.3 Å². The van der Waals surface area contributed by atoms with Crippen molar-refractivity contribution in [3.8, 4) is 12.3 Å². The van der Waals surface area contributed by atoms with Gasteiger partial charge in [-0.05, 0) is 24.6 Å². The van der Waals surface area contributed by atoms with E-state index in [0.717, 1.165) is 10.5 Å². The highest BCUT2D eigenvalue weighted by molar-refractivity contribution is 7.99. The van der Waals surface area contributed by atoms with E-state index in [1.54, 1.807) is 19.1 Å². The number of carboxylic acid groups (broad SMARTS) is 1. The van der Waals surface area contributed by atoms with E-state index in [2.05, 4.69) is 5.92 Å². The van der Waals surface area contributed by atoms with Crippen LogP contribution in [-0.4, -0.2) is 16.8 Å². The summed E-state index contributed by atoms with van der Waals surface area (Å²) < 4.78 is 0. The van der Waals surface area contributed by atoms with Crippen LogP contribution in [0.3, 0.4) is 0 Å². The second-order valence-electron chi connectivity index (χ2n) is 2.77. The van der Waals surface area contributed by atoms with E-state index in [1.165, 1.54) is 11.8 Å². The molecule has 0 amide bonds. The molecule has 0 bridgehead atoms. The third kappa shape index (κ3) is 2.54. The average molecular weight is 206 g/mol. The molecule has 0 fully saturated rings. The summed E-state index contributed by atoms with van der Waals surface area (Å²) in [7, 11) is 0. The summed E-state index contributed by atoms with van der Waals surface area (Å²) >= 11 is 1.46. The van der Waals surface area contributed by atoms with Gasteiger partial charge in [-0.25, -0.2) is 4.79 Å². The second-order valence-corrected chi connectivity index (χ2v) is 3.82. The van der Waals surface area contributed by atoms with Crippen molar-refractivity contribution in [2.75, 3.05) is 5.75 Å². The van der Waals surface area contributed by atoms with Crippen molar-refractivity contribution in [3.05, 3.63) is 29.3 Å². The highest BCUT2D eigenvalue weighted by Crippen LogP contribution is 2.20. The van der Waals surface area contributed by atoms with Gasteiger partial charge in [-0.2, -0.15) is 0 Å². The molecule has 2 nitrogen and oxygen atoms in total. The van der Waals surface area contributed by atoms with Crippen LogP contribution < -0.4 is 0 Å². The highest BCUT2D eigenvalue weighted by atomic mass is 32.2. The van der Waals surface area contributed by atoms with E-state index in [4.69, 9.17) is 11.5 Å². The first-order chi connectivity index (χ1) is 6.65. The number of carboxylic acids is 1. The van der Waals surface area contributed by atoms with Gasteiger partial charge in [0.2, 0.25) is 0 Å². The molecule has 0 radical (unpaired) electrons. The van der Waals surface area contributed by atoms with Crippen molar-refractivity contribution in [3.63, 3.8) is 0 Å². The summed E-state index contributed by atoms with van der Waals surface area (Å²) in [5, 5.41) is 8.87. The zero-order chi connectivity index (χ0) is 10.6. The van der Waals surface area contributed by atoms with Crippen LogP contribution in [0.4, 0.5) is 0 Å². The molecular formula is C11H10O2S. The minimum atomic E-state index is -0.898. The number of benzene rings is 1. The fourth-order valence-electron chi connectivity index (χ4n) is 1.05. The topological polar surface area (TPSA) is 37.3 Å². The molecule has 0 aliphatic heterocycles. The predicted octanol–water partition coefficient (Wildman–Crippen LogP) is 2.42. The highest BCUT2D eigenvalue weighted by Gasteiger charge is 2.07. The molecule has 0 aromatic heterocycles. The van der Waals surface area contributed by atoms with Gasteiger partial charge in [0.15, 0.2) is 0 Å². The van der Waals surface area contributed by atoms with Gasteiger partial charge in [0.25, 0.3) is 0 Å². The number of hydrogen-bond acceptors (Lipinski definition) is 2. The molecule has 0 aliphatic carbocycles. The van der Waals surface area contributed by atoms with E-state index in [9.17, 15) is 4.79 Å². The third-order valence-electron chi connectivity index (χ3n) is 1.76. The van der Waals surface area contributed by atoms with E-state index < -0.39 is 5.97 Å². The van der Waals surface area contributed by atoms with E-state index in [1.807, 2.05) is 6.07 Å². The Morgan fingerprint density at radius 3 is 2.93 bits per heavy atom. The van der Waals surface area contributed by atoms with Gasteiger partial charge < -0.3 is 5.11 Å². The number of aryl methyl sites for hydroxylation is 1. The maximum atomic E-state index is 10.8. The molecule has 1 aromatic carbocycles. The zero-order valence-electron chi connectivity index (χ0n) is 7.78. The Morgan fingerprint density at radius 1 is 1.64 bits per heavy atom. The minimum Gasteiger partial charge on any atom is -0.478 e. The van der Waals surface area contributed by atoms with E-state index >= 15 is 0 Å². The molecule has 1 aromatic rings. The zero-order valence-corrected chi connectivity index (χ0v) is 8.60. The fourth-order valence-corrected chi connectivity index (χ4v) is 1.66. The van der Waals surface area contributed by atoms with Gasteiger partial charge in [0, 0.05) is 4.90 Å².